The normalized spacial score (nSPS) is 11.5. The monoisotopic (exact) mass is 508 g/mol. The van der Waals surface area contributed by atoms with E-state index < -0.39 is 0 Å². The summed E-state index contributed by atoms with van der Waals surface area (Å²) in [4.78, 5) is 0. The summed E-state index contributed by atoms with van der Waals surface area (Å²) >= 11 is 0. The highest BCUT2D eigenvalue weighted by atomic mass is 15.0. The van der Waals surface area contributed by atoms with Crippen LogP contribution >= 0.6 is 0 Å². The van der Waals surface area contributed by atoms with Crippen molar-refractivity contribution in [3.8, 4) is 11.4 Å². The molecule has 39 heavy (non-hydrogen) atoms. The van der Waals surface area contributed by atoms with Crippen LogP contribution in [0.25, 0.3) is 55.0 Å². The largest absolute Gasteiger partial charge is 0.309 e. The molecule has 0 spiro atoms. The molecular formula is C37H36N2. The van der Waals surface area contributed by atoms with Gasteiger partial charge < -0.3 is 9.13 Å². The summed E-state index contributed by atoms with van der Waals surface area (Å²) in [6.07, 6.45) is 0. The van der Waals surface area contributed by atoms with Crippen molar-refractivity contribution in [2.24, 2.45) is 0 Å². The Labute approximate surface area is 231 Å². The lowest BCUT2D eigenvalue weighted by Gasteiger charge is -2.14. The summed E-state index contributed by atoms with van der Waals surface area (Å²) in [6.45, 7) is 14.9. The van der Waals surface area contributed by atoms with Gasteiger partial charge in [0.2, 0.25) is 0 Å². The van der Waals surface area contributed by atoms with Crippen molar-refractivity contribution in [1.29, 1.82) is 0 Å². The van der Waals surface area contributed by atoms with Crippen LogP contribution < -0.4 is 0 Å². The maximum absolute atomic E-state index is 2.43. The molecule has 0 fully saturated rings. The summed E-state index contributed by atoms with van der Waals surface area (Å²) in [6, 6.07) is 34.2. The maximum atomic E-state index is 2.43. The van der Waals surface area contributed by atoms with Crippen LogP contribution in [0.2, 0.25) is 0 Å². The Hall–Kier alpha value is -4.30. The van der Waals surface area contributed by atoms with Gasteiger partial charge in [0.1, 0.15) is 0 Å². The molecule has 0 bridgehead atoms. The number of rotatable bonds is 2. The Bertz CT molecular complexity index is 1770. The topological polar surface area (TPSA) is 9.86 Å². The summed E-state index contributed by atoms with van der Waals surface area (Å²) in [5.41, 5.74) is 13.8. The average molecular weight is 509 g/mol. The van der Waals surface area contributed by atoms with E-state index in [1.807, 2.05) is 13.8 Å². The highest BCUT2D eigenvalue weighted by Crippen LogP contribution is 2.37. The van der Waals surface area contributed by atoms with Crippen LogP contribution in [0.5, 0.6) is 0 Å². The molecule has 0 saturated carbocycles. The van der Waals surface area contributed by atoms with E-state index in [9.17, 15) is 0 Å². The van der Waals surface area contributed by atoms with Gasteiger partial charge >= 0.3 is 0 Å². The van der Waals surface area contributed by atoms with Crippen molar-refractivity contribution in [2.75, 3.05) is 0 Å². The smallest absolute Gasteiger partial charge is 0.0541 e. The number of benzene rings is 5. The van der Waals surface area contributed by atoms with Gasteiger partial charge in [-0.1, -0.05) is 60.4 Å². The van der Waals surface area contributed by atoms with Gasteiger partial charge in [0.05, 0.1) is 22.1 Å². The predicted octanol–water partition coefficient (Wildman–Crippen LogP) is 10.4. The van der Waals surface area contributed by atoms with Gasteiger partial charge in [0.25, 0.3) is 0 Å². The predicted molar refractivity (Wildman–Crippen MR) is 170 cm³/mol. The average Bonchev–Trinajstić information content (AvgIpc) is 3.41. The zero-order valence-electron chi connectivity index (χ0n) is 24.1. The molecule has 5 aromatic carbocycles. The molecule has 0 aliphatic heterocycles. The molecule has 0 atom stereocenters. The molecule has 0 unspecified atom stereocenters. The standard InChI is InChI=1S/C35H30N2.C2H6/c1-21-6-10-32-28(16-21)29-17-22(2)7-11-33(29)36(32)26-14-25(5)15-27(20-26)37-34-12-8-23(3)18-30(34)31-19-24(4)9-13-35(31)37;1-2/h6-20H,1-5H3;1-2H3. The summed E-state index contributed by atoms with van der Waals surface area (Å²) in [5, 5.41) is 5.24. The third kappa shape index (κ3) is 4.03. The fourth-order valence-electron chi connectivity index (χ4n) is 6.06. The van der Waals surface area contributed by atoms with Crippen LogP contribution in [0.1, 0.15) is 41.7 Å². The lowest BCUT2D eigenvalue weighted by molar-refractivity contribution is 1.12. The molecule has 7 aromatic rings. The minimum Gasteiger partial charge on any atom is -0.309 e. The van der Waals surface area contributed by atoms with Crippen LogP contribution in [-0.4, -0.2) is 9.13 Å². The molecule has 0 amide bonds. The van der Waals surface area contributed by atoms with E-state index in [1.54, 1.807) is 0 Å². The number of aromatic nitrogens is 2. The molecule has 0 N–H and O–H groups in total. The molecule has 0 aliphatic carbocycles. The van der Waals surface area contributed by atoms with Crippen molar-refractivity contribution in [3.05, 3.63) is 119 Å². The fourth-order valence-corrected chi connectivity index (χ4v) is 6.06. The molecule has 7 rings (SSSR count). The molecular weight excluding hydrogens is 472 g/mol. The molecule has 0 aliphatic rings. The molecule has 2 nitrogen and oxygen atoms in total. The fraction of sp³-hybridized carbons (Fsp3) is 0.189. The molecule has 0 radical (unpaired) electrons. The maximum Gasteiger partial charge on any atom is 0.0541 e. The van der Waals surface area contributed by atoms with Gasteiger partial charge in [-0.3, -0.25) is 0 Å². The Balaban J connectivity index is 0.00000135. The van der Waals surface area contributed by atoms with E-state index in [4.69, 9.17) is 0 Å². The van der Waals surface area contributed by atoms with Crippen molar-refractivity contribution in [1.82, 2.24) is 9.13 Å². The van der Waals surface area contributed by atoms with Gasteiger partial charge in [0, 0.05) is 32.9 Å². The first-order valence-corrected chi connectivity index (χ1v) is 14.0. The van der Waals surface area contributed by atoms with Crippen LogP contribution in [-0.2, 0) is 0 Å². The zero-order valence-corrected chi connectivity index (χ0v) is 24.1. The molecule has 2 aromatic heterocycles. The second-order valence-electron chi connectivity index (χ2n) is 10.8. The van der Waals surface area contributed by atoms with E-state index in [0.717, 1.165) is 0 Å². The number of nitrogens with zero attached hydrogens (tertiary/aromatic N) is 2. The molecule has 194 valence electrons. The summed E-state index contributed by atoms with van der Waals surface area (Å²) in [5.74, 6) is 0. The van der Waals surface area contributed by atoms with Gasteiger partial charge in [-0.25, -0.2) is 0 Å². The Morgan fingerprint density at radius 3 is 0.897 bits per heavy atom. The second kappa shape index (κ2) is 9.47. The van der Waals surface area contributed by atoms with E-state index in [-0.39, 0.29) is 0 Å². The number of hydrogen-bond donors (Lipinski definition) is 0. The Morgan fingerprint density at radius 1 is 0.333 bits per heavy atom. The lowest BCUT2D eigenvalue weighted by atomic mass is 10.1. The third-order valence-corrected chi connectivity index (χ3v) is 7.72. The third-order valence-electron chi connectivity index (χ3n) is 7.72. The number of aryl methyl sites for hydroxylation is 5. The zero-order chi connectivity index (χ0) is 27.4. The summed E-state index contributed by atoms with van der Waals surface area (Å²) < 4.78 is 4.87. The van der Waals surface area contributed by atoms with Crippen molar-refractivity contribution in [2.45, 2.75) is 48.5 Å². The first-order valence-electron chi connectivity index (χ1n) is 14.0. The second-order valence-corrected chi connectivity index (χ2v) is 10.8. The highest BCUT2D eigenvalue weighted by molar-refractivity contribution is 6.11. The van der Waals surface area contributed by atoms with Crippen LogP contribution in [0.15, 0.2) is 91.0 Å². The quantitative estimate of drug-likeness (QED) is 0.220. The van der Waals surface area contributed by atoms with Crippen molar-refractivity contribution >= 4 is 43.6 Å². The van der Waals surface area contributed by atoms with E-state index in [2.05, 4.69) is 135 Å². The van der Waals surface area contributed by atoms with E-state index in [0.29, 0.717) is 0 Å². The van der Waals surface area contributed by atoms with Gasteiger partial charge in [0.15, 0.2) is 0 Å². The minimum atomic E-state index is 1.19. The van der Waals surface area contributed by atoms with Crippen molar-refractivity contribution in [3.63, 3.8) is 0 Å². The van der Waals surface area contributed by atoms with Crippen LogP contribution in [0, 0.1) is 34.6 Å². The summed E-state index contributed by atoms with van der Waals surface area (Å²) in [7, 11) is 0. The Kier molecular flexibility index (Phi) is 6.07. The SMILES string of the molecule is CC.Cc1cc(-n2c3ccc(C)cc3c3cc(C)ccc32)cc(-n2c3ccc(C)cc3c3cc(C)ccc32)c1. The van der Waals surface area contributed by atoms with Crippen LogP contribution in [0.4, 0.5) is 0 Å². The van der Waals surface area contributed by atoms with Crippen LogP contribution in [0.3, 0.4) is 0 Å². The molecule has 0 saturated heterocycles. The number of fused-ring (bicyclic) bond motifs is 6. The first-order chi connectivity index (χ1) is 18.9. The Morgan fingerprint density at radius 2 is 0.615 bits per heavy atom. The minimum absolute atomic E-state index is 1.19. The molecule has 2 heteroatoms. The van der Waals surface area contributed by atoms with E-state index in [1.165, 1.54) is 82.8 Å². The first kappa shape index (κ1) is 25.0. The van der Waals surface area contributed by atoms with Gasteiger partial charge in [-0.2, -0.15) is 0 Å². The highest BCUT2D eigenvalue weighted by Gasteiger charge is 2.17. The van der Waals surface area contributed by atoms with Gasteiger partial charge in [-0.15, -0.1) is 0 Å². The van der Waals surface area contributed by atoms with Crippen molar-refractivity contribution < 1.29 is 0 Å². The lowest BCUT2D eigenvalue weighted by Crippen LogP contribution is -2.00. The van der Waals surface area contributed by atoms with E-state index >= 15 is 0 Å². The number of hydrogen-bond acceptors (Lipinski definition) is 0. The molecule has 2 heterocycles. The van der Waals surface area contributed by atoms with Gasteiger partial charge in [-0.05, 0) is 107 Å².